The molecule has 1 unspecified atom stereocenters. The van der Waals surface area contributed by atoms with Crippen LogP contribution in [0.1, 0.15) is 10.4 Å². The molecule has 118 valence electrons. The van der Waals surface area contributed by atoms with Crippen LogP contribution in [-0.4, -0.2) is 25.2 Å². The highest BCUT2D eigenvalue weighted by Gasteiger charge is 2.21. The molecule has 2 heterocycles. The first-order valence-electron chi connectivity index (χ1n) is 7.12. The van der Waals surface area contributed by atoms with E-state index in [1.54, 1.807) is 11.3 Å². The smallest absolute Gasteiger partial charge is 0.188 e. The lowest BCUT2D eigenvalue weighted by Crippen LogP contribution is -2.34. The van der Waals surface area contributed by atoms with Crippen molar-refractivity contribution in [3.8, 4) is 5.75 Å². The Labute approximate surface area is 151 Å². The van der Waals surface area contributed by atoms with Crippen LogP contribution in [0.2, 0.25) is 0 Å². The molecule has 1 aliphatic heterocycles. The number of hydrogen-bond acceptors (Lipinski definition) is 3. The number of aliphatic imine (C=N–C) groups is 1. The molecule has 0 radical (unpaired) electrons. The largest absolute Gasteiger partial charge is 0.488 e. The van der Waals surface area contributed by atoms with Crippen LogP contribution >= 0.6 is 35.3 Å². The molecule has 3 rings (SSSR count). The monoisotopic (exact) mass is 429 g/mol. The molecule has 0 amide bonds. The van der Waals surface area contributed by atoms with E-state index in [1.807, 2.05) is 18.2 Å². The van der Waals surface area contributed by atoms with Gasteiger partial charge < -0.3 is 15.8 Å². The van der Waals surface area contributed by atoms with Crippen LogP contribution in [0.5, 0.6) is 5.75 Å². The summed E-state index contributed by atoms with van der Waals surface area (Å²) in [5.74, 6) is 1.47. The molecule has 0 bridgehead atoms. The first-order chi connectivity index (χ1) is 10.3. The molecular formula is C16H20IN3OS. The van der Waals surface area contributed by atoms with Gasteiger partial charge >= 0.3 is 0 Å². The number of guanidine groups is 1. The minimum atomic E-state index is 0. The van der Waals surface area contributed by atoms with Crippen molar-refractivity contribution in [3.63, 3.8) is 0 Å². The number of fused-ring (bicyclic) bond motifs is 1. The van der Waals surface area contributed by atoms with Crippen molar-refractivity contribution in [3.05, 3.63) is 52.2 Å². The quantitative estimate of drug-likeness (QED) is 0.437. The normalized spacial score (nSPS) is 16.5. The van der Waals surface area contributed by atoms with E-state index in [0.717, 1.165) is 25.1 Å². The summed E-state index contributed by atoms with van der Waals surface area (Å²) in [6.45, 7) is 1.40. The highest BCUT2D eigenvalue weighted by atomic mass is 127. The maximum absolute atomic E-state index is 5.88. The minimum Gasteiger partial charge on any atom is -0.488 e. The van der Waals surface area contributed by atoms with E-state index in [9.17, 15) is 0 Å². The number of nitrogens with one attached hydrogen (secondary N) is 1. The summed E-state index contributed by atoms with van der Waals surface area (Å²) >= 11 is 1.76. The third kappa shape index (κ3) is 4.61. The Bertz CT molecular complexity index is 591. The van der Waals surface area contributed by atoms with E-state index in [1.165, 1.54) is 10.4 Å². The Hall–Kier alpha value is -1.28. The van der Waals surface area contributed by atoms with E-state index < -0.39 is 0 Å². The maximum atomic E-state index is 5.88. The van der Waals surface area contributed by atoms with Gasteiger partial charge in [-0.25, -0.2) is 4.99 Å². The van der Waals surface area contributed by atoms with Crippen molar-refractivity contribution in [1.29, 1.82) is 0 Å². The Morgan fingerprint density at radius 2 is 2.18 bits per heavy atom. The Morgan fingerprint density at radius 3 is 2.95 bits per heavy atom. The molecular weight excluding hydrogens is 409 g/mol. The van der Waals surface area contributed by atoms with Crippen LogP contribution in [0.3, 0.4) is 0 Å². The highest BCUT2D eigenvalue weighted by molar-refractivity contribution is 14.0. The fraction of sp³-hybridized carbons (Fsp3) is 0.312. The van der Waals surface area contributed by atoms with Crippen molar-refractivity contribution in [1.82, 2.24) is 5.32 Å². The van der Waals surface area contributed by atoms with Crippen molar-refractivity contribution in [2.75, 3.05) is 13.1 Å². The fourth-order valence-corrected chi connectivity index (χ4v) is 3.09. The van der Waals surface area contributed by atoms with Crippen molar-refractivity contribution in [2.45, 2.75) is 18.9 Å². The third-order valence-electron chi connectivity index (χ3n) is 3.44. The predicted molar refractivity (Wildman–Crippen MR) is 102 cm³/mol. The zero-order chi connectivity index (χ0) is 14.5. The zero-order valence-corrected chi connectivity index (χ0v) is 15.3. The Morgan fingerprint density at radius 1 is 1.32 bits per heavy atom. The second-order valence-electron chi connectivity index (χ2n) is 5.03. The molecule has 0 saturated carbocycles. The van der Waals surface area contributed by atoms with Gasteiger partial charge in [-0.2, -0.15) is 0 Å². The molecule has 1 atom stereocenters. The van der Waals surface area contributed by atoms with Gasteiger partial charge in [-0.3, -0.25) is 0 Å². The van der Waals surface area contributed by atoms with Gasteiger partial charge in [0.1, 0.15) is 11.9 Å². The van der Waals surface area contributed by atoms with E-state index >= 15 is 0 Å². The number of halogens is 1. The SMILES string of the molecule is I.NC(=NCC1Cc2ccccc2O1)NCCc1cccs1. The molecule has 4 nitrogen and oxygen atoms in total. The van der Waals surface area contributed by atoms with Crippen molar-refractivity contribution in [2.24, 2.45) is 10.7 Å². The average Bonchev–Trinajstić information content (AvgIpc) is 3.13. The summed E-state index contributed by atoms with van der Waals surface area (Å²) in [6, 6.07) is 12.3. The second-order valence-corrected chi connectivity index (χ2v) is 6.07. The van der Waals surface area contributed by atoms with Gasteiger partial charge in [0.25, 0.3) is 0 Å². The molecule has 1 aromatic heterocycles. The molecule has 22 heavy (non-hydrogen) atoms. The average molecular weight is 429 g/mol. The number of nitrogens with zero attached hydrogens (tertiary/aromatic N) is 1. The first kappa shape index (κ1) is 17.1. The molecule has 0 spiro atoms. The van der Waals surface area contributed by atoms with E-state index in [2.05, 4.69) is 33.9 Å². The summed E-state index contributed by atoms with van der Waals surface area (Å²) in [7, 11) is 0. The molecule has 0 fully saturated rings. The van der Waals surface area contributed by atoms with Crippen LogP contribution in [0.25, 0.3) is 0 Å². The van der Waals surface area contributed by atoms with Crippen LogP contribution in [0.15, 0.2) is 46.8 Å². The summed E-state index contributed by atoms with van der Waals surface area (Å²) in [6.07, 6.45) is 1.97. The van der Waals surface area contributed by atoms with Gasteiger partial charge in [0.05, 0.1) is 6.54 Å². The van der Waals surface area contributed by atoms with Gasteiger partial charge in [0.2, 0.25) is 0 Å². The molecule has 1 aromatic carbocycles. The molecule has 6 heteroatoms. The number of thiophene rings is 1. The number of ether oxygens (including phenoxy) is 1. The Kier molecular flexibility index (Phi) is 6.50. The standard InChI is InChI=1S/C16H19N3OS.HI/c17-16(18-8-7-14-5-3-9-21-14)19-11-13-10-12-4-1-2-6-15(12)20-13;/h1-6,9,13H,7-8,10-11H2,(H3,17,18,19);1H. The van der Waals surface area contributed by atoms with Crippen molar-refractivity contribution < 1.29 is 4.74 Å². The van der Waals surface area contributed by atoms with E-state index in [-0.39, 0.29) is 30.1 Å². The number of rotatable bonds is 5. The number of nitrogens with two attached hydrogens (primary N) is 1. The molecule has 1 aliphatic rings. The van der Waals surface area contributed by atoms with E-state index in [4.69, 9.17) is 10.5 Å². The third-order valence-corrected chi connectivity index (χ3v) is 4.37. The second kappa shape index (κ2) is 8.38. The van der Waals surface area contributed by atoms with Gasteiger partial charge in [-0.05, 0) is 29.5 Å². The molecule has 0 aliphatic carbocycles. The summed E-state index contributed by atoms with van der Waals surface area (Å²) in [4.78, 5) is 5.72. The van der Waals surface area contributed by atoms with Crippen LogP contribution in [0, 0.1) is 0 Å². The zero-order valence-electron chi connectivity index (χ0n) is 12.2. The minimum absolute atomic E-state index is 0. The Balaban J connectivity index is 0.00000176. The topological polar surface area (TPSA) is 59.6 Å². The van der Waals surface area contributed by atoms with Gasteiger partial charge in [0, 0.05) is 17.8 Å². The van der Waals surface area contributed by atoms with Crippen LogP contribution in [-0.2, 0) is 12.8 Å². The van der Waals surface area contributed by atoms with Crippen LogP contribution < -0.4 is 15.8 Å². The maximum Gasteiger partial charge on any atom is 0.188 e. The lowest BCUT2D eigenvalue weighted by molar-refractivity contribution is 0.242. The molecule has 0 saturated heterocycles. The van der Waals surface area contributed by atoms with Crippen molar-refractivity contribution >= 4 is 41.3 Å². The highest BCUT2D eigenvalue weighted by Crippen LogP contribution is 2.28. The summed E-state index contributed by atoms with van der Waals surface area (Å²) < 4.78 is 5.83. The van der Waals surface area contributed by atoms with Gasteiger partial charge in [0.15, 0.2) is 5.96 Å². The number of benzene rings is 1. The lowest BCUT2D eigenvalue weighted by Gasteiger charge is -2.09. The van der Waals surface area contributed by atoms with Gasteiger partial charge in [-0.1, -0.05) is 24.3 Å². The summed E-state index contributed by atoms with van der Waals surface area (Å²) in [5.41, 5.74) is 7.13. The number of para-hydroxylation sites is 1. The lowest BCUT2D eigenvalue weighted by atomic mass is 10.1. The van der Waals surface area contributed by atoms with Gasteiger partial charge in [-0.15, -0.1) is 35.3 Å². The predicted octanol–water partition coefficient (Wildman–Crippen LogP) is 2.82. The molecule has 2 aromatic rings. The fourth-order valence-electron chi connectivity index (χ4n) is 2.38. The number of hydrogen-bond donors (Lipinski definition) is 2. The first-order valence-corrected chi connectivity index (χ1v) is 8.00. The molecule has 3 N–H and O–H groups in total. The van der Waals surface area contributed by atoms with Crippen LogP contribution in [0.4, 0.5) is 0 Å². The summed E-state index contributed by atoms with van der Waals surface area (Å²) in [5, 5.41) is 5.23. The van der Waals surface area contributed by atoms with E-state index in [0.29, 0.717) is 12.5 Å².